The Kier molecular flexibility index (Phi) is 6.22. The van der Waals surface area contributed by atoms with Gasteiger partial charge in [0.1, 0.15) is 0 Å². The third kappa shape index (κ3) is 5.50. The third-order valence-electron chi connectivity index (χ3n) is 3.01. The van der Waals surface area contributed by atoms with Crippen LogP contribution in [0.2, 0.25) is 0 Å². The molecular formula is C12H25NO2. The van der Waals surface area contributed by atoms with Crippen molar-refractivity contribution in [3.8, 4) is 0 Å². The first-order chi connectivity index (χ1) is 7.20. The van der Waals surface area contributed by atoms with Gasteiger partial charge in [0, 0.05) is 13.1 Å². The second kappa shape index (κ2) is 7.20. The second-order valence-corrected chi connectivity index (χ2v) is 4.74. The van der Waals surface area contributed by atoms with Crippen molar-refractivity contribution < 1.29 is 9.84 Å². The summed E-state index contributed by atoms with van der Waals surface area (Å²) in [6.07, 6.45) is 4.83. The number of hydrogen-bond acceptors (Lipinski definition) is 3. The molecule has 2 atom stereocenters. The van der Waals surface area contributed by atoms with E-state index in [4.69, 9.17) is 4.74 Å². The van der Waals surface area contributed by atoms with Crippen LogP contribution in [0.5, 0.6) is 0 Å². The van der Waals surface area contributed by atoms with Crippen LogP contribution in [0.1, 0.15) is 39.5 Å². The van der Waals surface area contributed by atoms with Crippen LogP contribution < -0.4 is 5.32 Å². The van der Waals surface area contributed by atoms with E-state index in [1.165, 1.54) is 19.3 Å². The Morgan fingerprint density at radius 2 is 2.07 bits per heavy atom. The summed E-state index contributed by atoms with van der Waals surface area (Å²) in [5.41, 5.74) is 0. The van der Waals surface area contributed by atoms with E-state index in [0.29, 0.717) is 12.0 Å². The predicted molar refractivity (Wildman–Crippen MR) is 61.9 cm³/mol. The van der Waals surface area contributed by atoms with E-state index < -0.39 is 0 Å². The summed E-state index contributed by atoms with van der Waals surface area (Å²) < 4.78 is 5.43. The summed E-state index contributed by atoms with van der Waals surface area (Å²) in [4.78, 5) is 0. The quantitative estimate of drug-likeness (QED) is 0.661. The maximum Gasteiger partial charge on any atom is 0.0594 e. The minimum absolute atomic E-state index is 0.0859. The van der Waals surface area contributed by atoms with E-state index in [2.05, 4.69) is 5.32 Å². The van der Waals surface area contributed by atoms with Gasteiger partial charge < -0.3 is 15.2 Å². The summed E-state index contributed by atoms with van der Waals surface area (Å²) >= 11 is 0. The molecule has 3 nitrogen and oxygen atoms in total. The fourth-order valence-corrected chi connectivity index (χ4v) is 2.08. The van der Waals surface area contributed by atoms with Gasteiger partial charge >= 0.3 is 0 Å². The van der Waals surface area contributed by atoms with Crippen LogP contribution in [0.25, 0.3) is 0 Å². The van der Waals surface area contributed by atoms with Gasteiger partial charge in [0.25, 0.3) is 0 Å². The van der Waals surface area contributed by atoms with Crippen molar-refractivity contribution in [1.29, 1.82) is 0 Å². The van der Waals surface area contributed by atoms with E-state index in [1.54, 1.807) is 0 Å². The van der Waals surface area contributed by atoms with Crippen LogP contribution in [0.15, 0.2) is 0 Å². The lowest BCUT2D eigenvalue weighted by atomic mass is 9.86. The minimum Gasteiger partial charge on any atom is -0.393 e. The molecule has 15 heavy (non-hydrogen) atoms. The van der Waals surface area contributed by atoms with Crippen molar-refractivity contribution in [2.24, 2.45) is 5.92 Å². The molecule has 1 saturated carbocycles. The highest BCUT2D eigenvalue weighted by Crippen LogP contribution is 2.23. The van der Waals surface area contributed by atoms with Gasteiger partial charge in [-0.1, -0.05) is 12.8 Å². The molecule has 3 heteroatoms. The molecule has 0 aromatic heterocycles. The average molecular weight is 215 g/mol. The fraction of sp³-hybridized carbons (Fsp3) is 1.00. The molecule has 0 amide bonds. The van der Waals surface area contributed by atoms with E-state index in [9.17, 15) is 5.11 Å². The Balaban J connectivity index is 1.99. The predicted octanol–water partition coefficient (Wildman–Crippen LogP) is 1.55. The Morgan fingerprint density at radius 3 is 2.73 bits per heavy atom. The largest absolute Gasteiger partial charge is 0.393 e. The molecule has 0 spiro atoms. The highest BCUT2D eigenvalue weighted by atomic mass is 16.5. The van der Waals surface area contributed by atoms with E-state index in [-0.39, 0.29) is 6.10 Å². The van der Waals surface area contributed by atoms with Crippen LogP contribution in [0.3, 0.4) is 0 Å². The van der Waals surface area contributed by atoms with Crippen molar-refractivity contribution in [1.82, 2.24) is 5.32 Å². The molecule has 0 aromatic carbocycles. The van der Waals surface area contributed by atoms with Crippen LogP contribution >= 0.6 is 0 Å². The molecule has 1 rings (SSSR count). The van der Waals surface area contributed by atoms with Gasteiger partial charge in [0.2, 0.25) is 0 Å². The molecule has 0 bridgehead atoms. The molecular weight excluding hydrogens is 190 g/mol. The topological polar surface area (TPSA) is 41.5 Å². The highest BCUT2D eigenvalue weighted by molar-refractivity contribution is 4.75. The van der Waals surface area contributed by atoms with Gasteiger partial charge in [0.15, 0.2) is 0 Å². The highest BCUT2D eigenvalue weighted by Gasteiger charge is 2.22. The Morgan fingerprint density at radius 1 is 1.33 bits per heavy atom. The molecule has 0 saturated heterocycles. The Labute approximate surface area is 93.2 Å². The summed E-state index contributed by atoms with van der Waals surface area (Å²) in [6.45, 7) is 6.68. The molecule has 0 heterocycles. The first kappa shape index (κ1) is 12.9. The van der Waals surface area contributed by atoms with Crippen molar-refractivity contribution in [2.45, 2.75) is 51.7 Å². The number of aliphatic hydroxyl groups excluding tert-OH is 1. The maximum absolute atomic E-state index is 9.74. The smallest absolute Gasteiger partial charge is 0.0594 e. The first-order valence-corrected chi connectivity index (χ1v) is 6.20. The molecule has 0 radical (unpaired) electrons. The first-order valence-electron chi connectivity index (χ1n) is 6.20. The molecule has 1 aliphatic carbocycles. The van der Waals surface area contributed by atoms with Crippen LogP contribution in [-0.4, -0.2) is 37.0 Å². The normalized spacial score (nSPS) is 27.2. The van der Waals surface area contributed by atoms with Crippen LogP contribution in [0, 0.1) is 5.92 Å². The van der Waals surface area contributed by atoms with Crippen molar-refractivity contribution in [3.05, 3.63) is 0 Å². The van der Waals surface area contributed by atoms with Crippen LogP contribution in [-0.2, 0) is 4.74 Å². The van der Waals surface area contributed by atoms with Crippen LogP contribution in [0.4, 0.5) is 0 Å². The number of hydrogen-bond donors (Lipinski definition) is 2. The SMILES string of the molecule is CC(C)OCCNCC1CCCCC1O. The molecule has 1 fully saturated rings. The molecule has 0 aromatic rings. The third-order valence-corrected chi connectivity index (χ3v) is 3.01. The summed E-state index contributed by atoms with van der Waals surface area (Å²) in [6, 6.07) is 0. The average Bonchev–Trinajstić information content (AvgIpc) is 2.20. The van der Waals surface area contributed by atoms with E-state index >= 15 is 0 Å². The summed E-state index contributed by atoms with van der Waals surface area (Å²) in [7, 11) is 0. The lowest BCUT2D eigenvalue weighted by Gasteiger charge is -2.27. The van der Waals surface area contributed by atoms with Crippen molar-refractivity contribution in [3.63, 3.8) is 0 Å². The molecule has 0 aliphatic heterocycles. The van der Waals surface area contributed by atoms with Gasteiger partial charge in [-0.15, -0.1) is 0 Å². The van der Waals surface area contributed by atoms with Gasteiger partial charge in [0.05, 0.1) is 18.8 Å². The lowest BCUT2D eigenvalue weighted by molar-refractivity contribution is 0.0613. The number of aliphatic hydroxyl groups is 1. The zero-order valence-corrected chi connectivity index (χ0v) is 10.0. The minimum atomic E-state index is -0.0859. The Hall–Kier alpha value is -0.120. The van der Waals surface area contributed by atoms with E-state index in [0.717, 1.165) is 26.1 Å². The standard InChI is InChI=1S/C12H25NO2/c1-10(2)15-8-7-13-9-11-5-3-4-6-12(11)14/h10-14H,3-9H2,1-2H3. The summed E-state index contributed by atoms with van der Waals surface area (Å²) in [5.74, 6) is 0.456. The van der Waals surface area contributed by atoms with Gasteiger partial charge in [-0.2, -0.15) is 0 Å². The molecule has 2 unspecified atom stereocenters. The zero-order valence-electron chi connectivity index (χ0n) is 10.0. The molecule has 90 valence electrons. The van der Waals surface area contributed by atoms with Crippen molar-refractivity contribution in [2.75, 3.05) is 19.7 Å². The van der Waals surface area contributed by atoms with Crippen molar-refractivity contribution >= 4 is 0 Å². The van der Waals surface area contributed by atoms with Gasteiger partial charge in [-0.25, -0.2) is 0 Å². The lowest BCUT2D eigenvalue weighted by Crippen LogP contribution is -2.35. The molecule has 2 N–H and O–H groups in total. The fourth-order valence-electron chi connectivity index (χ4n) is 2.08. The van der Waals surface area contributed by atoms with Gasteiger partial charge in [-0.3, -0.25) is 0 Å². The van der Waals surface area contributed by atoms with E-state index in [1.807, 2.05) is 13.8 Å². The zero-order chi connectivity index (χ0) is 11.1. The second-order valence-electron chi connectivity index (χ2n) is 4.74. The number of nitrogens with one attached hydrogen (secondary N) is 1. The summed E-state index contributed by atoms with van der Waals surface area (Å²) in [5, 5.41) is 13.1. The molecule has 1 aliphatic rings. The monoisotopic (exact) mass is 215 g/mol. The number of rotatable bonds is 6. The maximum atomic E-state index is 9.74. The Bertz CT molecular complexity index is 162. The number of ether oxygens (including phenoxy) is 1. The van der Waals surface area contributed by atoms with Gasteiger partial charge in [-0.05, 0) is 32.6 Å².